The van der Waals surface area contributed by atoms with Crippen molar-refractivity contribution in [3.05, 3.63) is 298 Å². The van der Waals surface area contributed by atoms with Gasteiger partial charge in [0.15, 0.2) is 12.4 Å². The Labute approximate surface area is 524 Å². The molecule has 4 aliphatic rings. The fraction of sp³-hybridized carbons (Fsp3) is 0.0625. The van der Waals surface area contributed by atoms with Crippen LogP contribution in [0.3, 0.4) is 0 Å². The second-order valence-electron chi connectivity index (χ2n) is 16.7. The normalized spacial score (nSPS) is 12.7. The molecule has 0 fully saturated rings. The van der Waals surface area contributed by atoms with Crippen molar-refractivity contribution in [2.75, 3.05) is 0 Å². The summed E-state index contributed by atoms with van der Waals surface area (Å²) in [7, 11) is 0. The van der Waals surface area contributed by atoms with Gasteiger partial charge in [0.25, 0.3) is 0 Å². The van der Waals surface area contributed by atoms with Crippen LogP contribution in [0.5, 0.6) is 0 Å². The van der Waals surface area contributed by atoms with E-state index < -0.39 is 0 Å². The molecule has 4 aliphatic heterocycles. The molecule has 4 radical (unpaired) electrons. The van der Waals surface area contributed by atoms with Gasteiger partial charge in [-0.25, -0.2) is 0 Å². The zero-order valence-corrected chi connectivity index (χ0v) is 51.1. The zero-order chi connectivity index (χ0) is 45.5. The zero-order valence-electron chi connectivity index (χ0n) is 39.7. The molecule has 0 atom stereocenters. The molecule has 0 bridgehead atoms. The van der Waals surface area contributed by atoms with Crippen molar-refractivity contribution in [2.45, 2.75) is 26.2 Å². The van der Waals surface area contributed by atoms with Gasteiger partial charge in [-0.2, -0.15) is 24.3 Å². The van der Waals surface area contributed by atoms with Gasteiger partial charge in [-0.05, 0) is 34.0 Å². The van der Waals surface area contributed by atoms with Gasteiger partial charge in [0.2, 0.25) is 0 Å². The van der Waals surface area contributed by atoms with Gasteiger partial charge >= 0.3 is 0 Å². The Balaban J connectivity index is 0.000000139. The Hall–Kier alpha value is -4.18. The quantitative estimate of drug-likeness (QED) is 0.124. The smallest absolute Gasteiger partial charge is 0.153 e. The van der Waals surface area contributed by atoms with E-state index in [2.05, 4.69) is 202 Å². The maximum absolute atomic E-state index is 4.72. The first-order valence-corrected chi connectivity index (χ1v) is 23.0. The summed E-state index contributed by atoms with van der Waals surface area (Å²) in [6, 6.07) is 87.6. The topological polar surface area (TPSA) is 30.7 Å². The molecule has 10 aromatic rings. The standard InChI is InChI=1S/2C18H12N.2C14H10N.4Y/c1-3-9-15-13(6-1)8-5-11-17(15)18-16-10-4-2-7-14(16)12-19-18;1-2-8-16-13-19(12-15(16)7-1)18-11-5-9-14-6-3-4-10-17(14)18;1-2-8-14(9-3-1)15-10-12-6-4-5-7-13(12)11-15;1-2-6-11(7-3-1)14-13-9-5-4-8-12(13)10-15-14;;;;/h1-8,10-11H,12H2;1-9,11H,12H2;1-8H,10H2;1-6,8-9H,10H2;;;;/q4*-1;;;;. The fourth-order valence-corrected chi connectivity index (χ4v) is 9.08. The summed E-state index contributed by atoms with van der Waals surface area (Å²) >= 11 is 0. The summed E-state index contributed by atoms with van der Waals surface area (Å²) in [5.74, 6) is 0. The third-order valence-corrected chi connectivity index (χ3v) is 12.4. The first kappa shape index (κ1) is 55.6. The Bertz CT molecular complexity index is 3580. The SMILES string of the molecule is [C-]1=[N+](c2[c-]cccc2)Cc2ccccc21.[C-]1=[N+](c2cccc3ccc[c-]c23)Cc2ccccc21.[Y].[Y].[Y].[Y].[c-]1cccc2cccc(C3=NCc4ccccc43)c12.[c-]1ccccc1C1=NCc2ccccc21. The molecule has 336 valence electrons. The molecule has 0 N–H and O–H groups in total. The number of aliphatic imine (C=N–C) groups is 2. The van der Waals surface area contributed by atoms with E-state index in [1.165, 1.54) is 66.5 Å². The van der Waals surface area contributed by atoms with E-state index in [0.29, 0.717) is 0 Å². The maximum atomic E-state index is 4.72. The minimum Gasteiger partial charge on any atom is -0.328 e. The van der Waals surface area contributed by atoms with Gasteiger partial charge in [0, 0.05) is 142 Å². The van der Waals surface area contributed by atoms with Crippen molar-refractivity contribution < 1.29 is 140 Å². The van der Waals surface area contributed by atoms with Crippen LogP contribution in [0.4, 0.5) is 11.4 Å². The van der Waals surface area contributed by atoms with Crippen molar-refractivity contribution in [3.8, 4) is 0 Å². The van der Waals surface area contributed by atoms with Crippen molar-refractivity contribution in [2.24, 2.45) is 9.98 Å². The van der Waals surface area contributed by atoms with Crippen LogP contribution in [0, 0.1) is 24.3 Å². The Kier molecular flexibility index (Phi) is 20.7. The monoisotopic (exact) mass is 1220 g/mol. The molecule has 0 aliphatic carbocycles. The number of hydrogen-bond donors (Lipinski definition) is 0. The summed E-state index contributed by atoms with van der Waals surface area (Å²) < 4.78 is 4.29. The van der Waals surface area contributed by atoms with E-state index in [1.54, 1.807) is 0 Å². The molecule has 10 aromatic carbocycles. The Morgan fingerprint density at radius 3 is 1.44 bits per heavy atom. The number of fused-ring (bicyclic) bond motifs is 6. The van der Waals surface area contributed by atoms with Crippen molar-refractivity contribution >= 4 is 56.8 Å². The van der Waals surface area contributed by atoms with Gasteiger partial charge in [-0.1, -0.05) is 136 Å². The van der Waals surface area contributed by atoms with Crippen LogP contribution in [0.15, 0.2) is 228 Å². The van der Waals surface area contributed by atoms with Crippen molar-refractivity contribution in [3.63, 3.8) is 0 Å². The number of nitrogens with zero attached hydrogens (tertiary/aromatic N) is 4. The average molecular weight is 1220 g/mol. The fourth-order valence-electron chi connectivity index (χ4n) is 9.08. The van der Waals surface area contributed by atoms with Crippen LogP contribution in [-0.4, -0.2) is 33.0 Å². The van der Waals surface area contributed by atoms with E-state index in [-0.39, 0.29) is 131 Å². The molecule has 14 rings (SSSR count). The summed E-state index contributed by atoms with van der Waals surface area (Å²) in [6.07, 6.45) is 6.81. The van der Waals surface area contributed by atoms with E-state index in [4.69, 9.17) is 4.99 Å². The Morgan fingerprint density at radius 2 is 0.819 bits per heavy atom. The summed E-state index contributed by atoms with van der Waals surface area (Å²) in [5.41, 5.74) is 16.9. The van der Waals surface area contributed by atoms with E-state index in [1.807, 2.05) is 66.7 Å². The molecule has 0 saturated carbocycles. The molecule has 8 heteroatoms. The molecule has 4 heterocycles. The minimum atomic E-state index is 0. The molecule has 72 heavy (non-hydrogen) atoms. The number of hydrogen-bond acceptors (Lipinski definition) is 2. The predicted octanol–water partition coefficient (Wildman–Crippen LogP) is 13.3. The largest absolute Gasteiger partial charge is 0.328 e. The summed E-state index contributed by atoms with van der Waals surface area (Å²) in [6.45, 7) is 3.37. The van der Waals surface area contributed by atoms with Gasteiger partial charge in [-0.15, -0.1) is 131 Å². The number of para-hydroxylation sites is 1. The maximum Gasteiger partial charge on any atom is 0.153 e. The van der Waals surface area contributed by atoms with Gasteiger partial charge in [0.1, 0.15) is 18.8 Å². The molecule has 4 nitrogen and oxygen atoms in total. The van der Waals surface area contributed by atoms with Crippen LogP contribution < -0.4 is 0 Å². The summed E-state index contributed by atoms with van der Waals surface area (Å²) in [4.78, 5) is 9.28. The molecular weight excluding hydrogens is 1180 g/mol. The van der Waals surface area contributed by atoms with E-state index >= 15 is 0 Å². The van der Waals surface area contributed by atoms with Crippen molar-refractivity contribution in [1.29, 1.82) is 0 Å². The van der Waals surface area contributed by atoms with Gasteiger partial charge in [0.05, 0.1) is 13.1 Å². The third-order valence-electron chi connectivity index (χ3n) is 12.4. The first-order valence-electron chi connectivity index (χ1n) is 23.0. The van der Waals surface area contributed by atoms with E-state index in [0.717, 1.165) is 59.6 Å². The third kappa shape index (κ3) is 12.7. The second-order valence-corrected chi connectivity index (χ2v) is 16.7. The predicted molar refractivity (Wildman–Crippen MR) is 276 cm³/mol. The second kappa shape index (κ2) is 26.9. The van der Waals surface area contributed by atoms with Gasteiger partial charge in [-0.3, -0.25) is 9.57 Å². The molecule has 0 aromatic heterocycles. The van der Waals surface area contributed by atoms with E-state index in [9.17, 15) is 0 Å². The van der Waals surface area contributed by atoms with Crippen LogP contribution in [-0.2, 0) is 157 Å². The molecule has 0 amide bonds. The summed E-state index contributed by atoms with van der Waals surface area (Å²) in [5, 5.41) is 4.75. The molecule has 0 saturated heterocycles. The molecule has 0 unspecified atom stereocenters. The number of rotatable bonds is 4. The number of benzene rings is 10. The molecule has 0 spiro atoms. The first-order chi connectivity index (χ1) is 33.7. The van der Waals surface area contributed by atoms with Crippen LogP contribution in [0.2, 0.25) is 0 Å². The molecular formula is C64H44N4Y4-4. The van der Waals surface area contributed by atoms with Crippen LogP contribution in [0.1, 0.15) is 55.6 Å². The Morgan fingerprint density at radius 1 is 0.347 bits per heavy atom. The van der Waals surface area contributed by atoms with Crippen LogP contribution >= 0.6 is 0 Å². The average Bonchev–Trinajstić information content (AvgIpc) is 4.25. The van der Waals surface area contributed by atoms with Crippen molar-refractivity contribution in [1.82, 2.24) is 0 Å². The van der Waals surface area contributed by atoms with Crippen LogP contribution in [0.25, 0.3) is 21.5 Å². The van der Waals surface area contributed by atoms with Gasteiger partial charge < -0.3 is 9.57 Å². The minimum absolute atomic E-state index is 0.